The van der Waals surface area contributed by atoms with Crippen molar-refractivity contribution in [1.82, 2.24) is 15.1 Å². The molecule has 0 aromatic heterocycles. The van der Waals surface area contributed by atoms with Crippen LogP contribution in [0, 0.1) is 17.8 Å². The van der Waals surface area contributed by atoms with E-state index in [1.807, 2.05) is 0 Å². The Hall–Kier alpha value is -2.54. The maximum atomic E-state index is 12.9. The van der Waals surface area contributed by atoms with Gasteiger partial charge in [0.05, 0.1) is 5.56 Å². The molecule has 1 fully saturated rings. The number of fused-ring (bicyclic) bond motifs is 1. The van der Waals surface area contributed by atoms with Crippen LogP contribution in [0.25, 0.3) is 0 Å². The average Bonchev–Trinajstić information content (AvgIpc) is 2.72. The first-order valence-corrected chi connectivity index (χ1v) is 10.5. The maximum Gasteiger partial charge on any atom is 0.416 e. The molecule has 0 spiro atoms. The fraction of sp³-hybridized carbons (Fsp3) is 0.458. The zero-order valence-electron chi connectivity index (χ0n) is 18.2. The highest BCUT2D eigenvalue weighted by Crippen LogP contribution is 2.36. The fourth-order valence-corrected chi connectivity index (χ4v) is 4.41. The van der Waals surface area contributed by atoms with Gasteiger partial charge in [0.25, 0.3) is 0 Å². The first kappa shape index (κ1) is 23.1. The molecule has 3 atom stereocenters. The van der Waals surface area contributed by atoms with E-state index in [-0.39, 0.29) is 5.92 Å². The smallest absolute Gasteiger partial charge is 0.373 e. The molecule has 0 saturated carbocycles. The van der Waals surface area contributed by atoms with Crippen LogP contribution in [-0.4, -0.2) is 43.7 Å². The number of halogens is 3. The highest BCUT2D eigenvalue weighted by atomic mass is 19.4. The lowest BCUT2D eigenvalue weighted by Gasteiger charge is -2.39. The molecule has 7 heteroatoms. The summed E-state index contributed by atoms with van der Waals surface area (Å²) in [5, 5.41) is 3.25. The summed E-state index contributed by atoms with van der Waals surface area (Å²) in [6.07, 6.45) is 4.18. The predicted octanol–water partition coefficient (Wildman–Crippen LogP) is 4.88. The molecule has 1 aromatic carbocycles. The molecule has 1 heterocycles. The third-order valence-electron chi connectivity index (χ3n) is 6.09. The largest absolute Gasteiger partial charge is 0.416 e. The Labute approximate surface area is 182 Å². The molecule has 1 saturated heterocycles. The van der Waals surface area contributed by atoms with Crippen molar-refractivity contribution in [3.05, 3.63) is 71.8 Å². The van der Waals surface area contributed by atoms with Crippen LogP contribution >= 0.6 is 0 Å². The minimum Gasteiger partial charge on any atom is -0.373 e. The Bertz CT molecular complexity index is 859. The zero-order valence-corrected chi connectivity index (χ0v) is 18.2. The van der Waals surface area contributed by atoms with E-state index in [1.54, 1.807) is 24.2 Å². The standard InChI is InChI=1S/C24H31F3N4/c1-17(19-8-9-21-15-30(3)11-10-20(21)13-19)29-23(28-2)16-31(4)14-18-6-5-7-22(12-18)24(25,26)27/h5-9,12,16,19-21,29H,1-2,10-11,13-15H2,3-4H3/b23-16+. The van der Waals surface area contributed by atoms with Gasteiger partial charge in [0, 0.05) is 38.0 Å². The minimum atomic E-state index is -4.35. The molecule has 168 valence electrons. The van der Waals surface area contributed by atoms with E-state index in [1.165, 1.54) is 18.6 Å². The Kier molecular flexibility index (Phi) is 7.26. The molecule has 0 amide bonds. The van der Waals surface area contributed by atoms with Crippen LogP contribution in [0.2, 0.25) is 0 Å². The van der Waals surface area contributed by atoms with E-state index < -0.39 is 11.7 Å². The van der Waals surface area contributed by atoms with Gasteiger partial charge in [0.1, 0.15) is 5.82 Å². The van der Waals surface area contributed by atoms with E-state index in [9.17, 15) is 13.2 Å². The number of aliphatic imine (C=N–C) groups is 1. The number of piperidine rings is 1. The van der Waals surface area contributed by atoms with Crippen LogP contribution in [0.5, 0.6) is 0 Å². The van der Waals surface area contributed by atoms with Crippen LogP contribution in [-0.2, 0) is 12.7 Å². The van der Waals surface area contributed by atoms with Gasteiger partial charge in [-0.05, 0) is 62.7 Å². The van der Waals surface area contributed by atoms with Crippen molar-refractivity contribution < 1.29 is 13.2 Å². The van der Waals surface area contributed by atoms with Gasteiger partial charge in [0.15, 0.2) is 0 Å². The Morgan fingerprint density at radius 1 is 1.35 bits per heavy atom. The summed E-state index contributed by atoms with van der Waals surface area (Å²) < 4.78 is 38.8. The molecular weight excluding hydrogens is 401 g/mol. The van der Waals surface area contributed by atoms with Gasteiger partial charge >= 0.3 is 6.18 Å². The van der Waals surface area contributed by atoms with Crippen molar-refractivity contribution in [1.29, 1.82) is 0 Å². The van der Waals surface area contributed by atoms with Crippen molar-refractivity contribution in [2.45, 2.75) is 25.6 Å². The molecule has 3 unspecified atom stereocenters. The van der Waals surface area contributed by atoms with Crippen LogP contribution in [0.15, 0.2) is 65.7 Å². The Morgan fingerprint density at radius 2 is 2.13 bits per heavy atom. The van der Waals surface area contributed by atoms with Crippen molar-refractivity contribution in [2.24, 2.45) is 22.7 Å². The van der Waals surface area contributed by atoms with E-state index in [0.29, 0.717) is 29.8 Å². The molecule has 1 aliphatic carbocycles. The average molecular weight is 433 g/mol. The number of rotatable bonds is 7. The lowest BCUT2D eigenvalue weighted by molar-refractivity contribution is -0.137. The first-order chi connectivity index (χ1) is 14.7. The highest BCUT2D eigenvalue weighted by Gasteiger charge is 2.32. The number of nitrogens with zero attached hydrogens (tertiary/aromatic N) is 3. The Morgan fingerprint density at radius 3 is 2.84 bits per heavy atom. The van der Waals surface area contributed by atoms with Crippen LogP contribution in [0.4, 0.5) is 13.2 Å². The number of allylic oxidation sites excluding steroid dienone is 1. The van der Waals surface area contributed by atoms with Gasteiger partial charge in [-0.2, -0.15) is 13.2 Å². The molecule has 31 heavy (non-hydrogen) atoms. The molecule has 0 radical (unpaired) electrons. The van der Waals surface area contributed by atoms with E-state index in [2.05, 4.69) is 47.7 Å². The first-order valence-electron chi connectivity index (χ1n) is 10.5. The second-order valence-corrected chi connectivity index (χ2v) is 8.64. The number of hydrogen-bond acceptors (Lipinski definition) is 4. The number of nitrogens with one attached hydrogen (secondary N) is 1. The lowest BCUT2D eigenvalue weighted by Crippen LogP contribution is -2.40. The van der Waals surface area contributed by atoms with Gasteiger partial charge < -0.3 is 15.1 Å². The molecule has 1 aliphatic heterocycles. The monoisotopic (exact) mass is 432 g/mol. The molecule has 1 aromatic rings. The second kappa shape index (κ2) is 9.73. The van der Waals surface area contributed by atoms with Gasteiger partial charge in [-0.25, -0.2) is 4.99 Å². The molecule has 1 N–H and O–H groups in total. The van der Waals surface area contributed by atoms with Crippen LogP contribution in [0.3, 0.4) is 0 Å². The predicted molar refractivity (Wildman–Crippen MR) is 119 cm³/mol. The maximum absolute atomic E-state index is 12.9. The SMILES string of the molecule is C=N/C(=C\N(C)Cc1cccc(C(F)(F)F)c1)NC(=C)C1C=CC2CN(C)CCC2C1. The fourth-order valence-electron chi connectivity index (χ4n) is 4.41. The van der Waals surface area contributed by atoms with Crippen LogP contribution in [0.1, 0.15) is 24.0 Å². The molecule has 3 rings (SSSR count). The normalized spacial score (nSPS) is 24.4. The van der Waals surface area contributed by atoms with Crippen LogP contribution < -0.4 is 5.32 Å². The van der Waals surface area contributed by atoms with Gasteiger partial charge in [-0.15, -0.1) is 0 Å². The summed E-state index contributed by atoms with van der Waals surface area (Å²) in [4.78, 5) is 8.20. The van der Waals surface area contributed by atoms with E-state index in [0.717, 1.165) is 31.3 Å². The van der Waals surface area contributed by atoms with Gasteiger partial charge in [-0.1, -0.05) is 30.9 Å². The topological polar surface area (TPSA) is 30.9 Å². The third-order valence-corrected chi connectivity index (χ3v) is 6.09. The van der Waals surface area contributed by atoms with Crippen molar-refractivity contribution in [3.63, 3.8) is 0 Å². The van der Waals surface area contributed by atoms with E-state index in [4.69, 9.17) is 0 Å². The lowest BCUT2D eigenvalue weighted by atomic mass is 9.74. The number of likely N-dealkylation sites (tertiary alicyclic amines) is 1. The summed E-state index contributed by atoms with van der Waals surface area (Å²) in [6, 6.07) is 5.35. The zero-order chi connectivity index (χ0) is 22.6. The number of alkyl halides is 3. The van der Waals surface area contributed by atoms with Crippen molar-refractivity contribution in [3.8, 4) is 0 Å². The molecular formula is C24H31F3N4. The number of hydrogen-bond donors (Lipinski definition) is 1. The van der Waals surface area contributed by atoms with Crippen molar-refractivity contribution >= 4 is 6.72 Å². The minimum absolute atomic E-state index is 0.226. The Balaban J connectivity index is 1.61. The molecule has 4 nitrogen and oxygen atoms in total. The summed E-state index contributed by atoms with van der Waals surface area (Å²) in [6.45, 7) is 10.4. The van der Waals surface area contributed by atoms with Gasteiger partial charge in [-0.3, -0.25) is 0 Å². The summed E-state index contributed by atoms with van der Waals surface area (Å²) >= 11 is 0. The summed E-state index contributed by atoms with van der Waals surface area (Å²) in [7, 11) is 3.96. The summed E-state index contributed by atoms with van der Waals surface area (Å²) in [5.41, 5.74) is 0.784. The molecule has 2 aliphatic rings. The van der Waals surface area contributed by atoms with Gasteiger partial charge in [0.2, 0.25) is 0 Å². The summed E-state index contributed by atoms with van der Waals surface area (Å²) in [5.74, 6) is 2.02. The van der Waals surface area contributed by atoms with E-state index >= 15 is 0 Å². The highest BCUT2D eigenvalue weighted by molar-refractivity contribution is 5.30. The third kappa shape index (κ3) is 6.23. The van der Waals surface area contributed by atoms with Crippen molar-refractivity contribution in [2.75, 3.05) is 27.2 Å². The molecule has 0 bridgehead atoms. The second-order valence-electron chi connectivity index (χ2n) is 8.64. The number of benzene rings is 1. The quantitative estimate of drug-likeness (QED) is 0.492.